The van der Waals surface area contributed by atoms with Crippen molar-refractivity contribution in [1.82, 2.24) is 4.98 Å². The van der Waals surface area contributed by atoms with Crippen LogP contribution in [0, 0.1) is 11.6 Å². The minimum absolute atomic E-state index is 0.133. The smallest absolute Gasteiger partial charge is 0.187 e. The van der Waals surface area contributed by atoms with Gasteiger partial charge >= 0.3 is 0 Å². The molecule has 4 nitrogen and oxygen atoms in total. The largest absolute Gasteiger partial charge is 0.454 e. The third-order valence-electron chi connectivity index (χ3n) is 3.70. The molecule has 1 heterocycles. The predicted molar refractivity (Wildman–Crippen MR) is 90.5 cm³/mol. The monoisotopic (exact) mass is 363 g/mol. The summed E-state index contributed by atoms with van der Waals surface area (Å²) in [5, 5.41) is -0.322. The van der Waals surface area contributed by atoms with Gasteiger partial charge < -0.3 is 4.74 Å². The first kappa shape index (κ1) is 17.3. The van der Waals surface area contributed by atoms with Gasteiger partial charge in [0.05, 0.1) is 11.4 Å². The summed E-state index contributed by atoms with van der Waals surface area (Å²) in [6, 6.07) is 9.77. The molecule has 0 unspecified atom stereocenters. The molecular formula is C18H15F2NO3S. The van der Waals surface area contributed by atoms with Crippen LogP contribution in [0.1, 0.15) is 13.8 Å². The summed E-state index contributed by atoms with van der Waals surface area (Å²) in [5.74, 6) is -1.31. The maximum absolute atomic E-state index is 14.2. The lowest BCUT2D eigenvalue weighted by Gasteiger charge is -2.14. The van der Waals surface area contributed by atoms with Crippen molar-refractivity contribution in [1.29, 1.82) is 0 Å². The van der Waals surface area contributed by atoms with E-state index in [1.165, 1.54) is 50.4 Å². The van der Waals surface area contributed by atoms with E-state index >= 15 is 0 Å². The van der Waals surface area contributed by atoms with Gasteiger partial charge in [0.25, 0.3) is 0 Å². The molecule has 0 radical (unpaired) electrons. The Bertz CT molecular complexity index is 1050. The Labute approximate surface area is 144 Å². The molecule has 130 valence electrons. The number of ether oxygens (including phenoxy) is 1. The number of pyridine rings is 1. The lowest BCUT2D eigenvalue weighted by molar-refractivity contribution is 0.451. The van der Waals surface area contributed by atoms with Crippen molar-refractivity contribution >= 4 is 20.7 Å². The second kappa shape index (κ2) is 6.40. The zero-order chi connectivity index (χ0) is 18.2. The van der Waals surface area contributed by atoms with E-state index in [1.807, 2.05) is 0 Å². The maximum Gasteiger partial charge on any atom is 0.187 e. The molecule has 0 saturated heterocycles. The SMILES string of the molecule is CC(C)S(=O)(=O)c1c(F)cccc1Oc1cnc2c(F)cccc2c1. The first-order valence-corrected chi connectivity index (χ1v) is 9.10. The summed E-state index contributed by atoms with van der Waals surface area (Å²) in [6.07, 6.45) is 1.27. The zero-order valence-electron chi connectivity index (χ0n) is 13.5. The summed E-state index contributed by atoms with van der Waals surface area (Å²) in [7, 11) is -3.89. The van der Waals surface area contributed by atoms with Gasteiger partial charge in [0, 0.05) is 5.39 Å². The van der Waals surface area contributed by atoms with Gasteiger partial charge in [0.15, 0.2) is 9.84 Å². The molecule has 0 bridgehead atoms. The normalized spacial score (nSPS) is 11.9. The van der Waals surface area contributed by atoms with Crippen LogP contribution in [0.25, 0.3) is 10.9 Å². The molecule has 0 atom stereocenters. The lowest BCUT2D eigenvalue weighted by Crippen LogP contribution is -2.16. The number of rotatable bonds is 4. The van der Waals surface area contributed by atoms with Crippen molar-refractivity contribution in [3.8, 4) is 11.5 Å². The van der Waals surface area contributed by atoms with Gasteiger partial charge in [-0.15, -0.1) is 0 Å². The number of benzene rings is 2. The molecule has 0 spiro atoms. The van der Waals surface area contributed by atoms with E-state index in [1.54, 1.807) is 6.07 Å². The quantitative estimate of drug-likeness (QED) is 0.685. The fraction of sp³-hybridized carbons (Fsp3) is 0.167. The van der Waals surface area contributed by atoms with Crippen molar-refractivity contribution in [2.75, 3.05) is 0 Å². The predicted octanol–water partition coefficient (Wildman–Crippen LogP) is 4.49. The molecule has 0 aliphatic carbocycles. The van der Waals surface area contributed by atoms with E-state index in [4.69, 9.17) is 4.74 Å². The highest BCUT2D eigenvalue weighted by atomic mass is 32.2. The third kappa shape index (κ3) is 3.19. The molecule has 7 heteroatoms. The molecule has 3 aromatic rings. The minimum atomic E-state index is -3.89. The molecule has 0 N–H and O–H groups in total. The van der Waals surface area contributed by atoms with Crippen LogP contribution in [-0.2, 0) is 9.84 Å². The number of hydrogen-bond acceptors (Lipinski definition) is 4. The van der Waals surface area contributed by atoms with Gasteiger partial charge in [-0.2, -0.15) is 0 Å². The van der Waals surface area contributed by atoms with Crippen LogP contribution in [0.15, 0.2) is 53.6 Å². The van der Waals surface area contributed by atoms with Crippen molar-refractivity contribution in [3.63, 3.8) is 0 Å². The summed E-state index contributed by atoms with van der Waals surface area (Å²) in [5.41, 5.74) is 0.170. The van der Waals surface area contributed by atoms with Gasteiger partial charge in [-0.25, -0.2) is 22.2 Å². The van der Waals surface area contributed by atoms with Gasteiger partial charge in [-0.3, -0.25) is 0 Å². The third-order valence-corrected chi connectivity index (χ3v) is 5.91. The Kier molecular flexibility index (Phi) is 4.43. The minimum Gasteiger partial charge on any atom is -0.454 e. The highest BCUT2D eigenvalue weighted by Crippen LogP contribution is 2.33. The Morgan fingerprint density at radius 3 is 2.44 bits per heavy atom. The highest BCUT2D eigenvalue weighted by molar-refractivity contribution is 7.92. The average Bonchev–Trinajstić information content (AvgIpc) is 2.54. The molecule has 3 rings (SSSR count). The second-order valence-electron chi connectivity index (χ2n) is 5.75. The van der Waals surface area contributed by atoms with E-state index in [2.05, 4.69) is 4.98 Å². The summed E-state index contributed by atoms with van der Waals surface area (Å²) in [6.45, 7) is 2.93. The fourth-order valence-corrected chi connectivity index (χ4v) is 3.57. The average molecular weight is 363 g/mol. The lowest BCUT2D eigenvalue weighted by atomic mass is 10.2. The highest BCUT2D eigenvalue weighted by Gasteiger charge is 2.28. The summed E-state index contributed by atoms with van der Waals surface area (Å²) < 4.78 is 58.3. The number of halogens is 2. The fourth-order valence-electron chi connectivity index (χ4n) is 2.37. The molecule has 0 aliphatic rings. The van der Waals surface area contributed by atoms with Crippen molar-refractivity contribution < 1.29 is 21.9 Å². The molecule has 2 aromatic carbocycles. The van der Waals surface area contributed by atoms with Gasteiger partial charge in [0.2, 0.25) is 0 Å². The Morgan fingerprint density at radius 2 is 1.72 bits per heavy atom. The summed E-state index contributed by atoms with van der Waals surface area (Å²) in [4.78, 5) is 3.49. The topological polar surface area (TPSA) is 56.3 Å². The van der Waals surface area contributed by atoms with Gasteiger partial charge in [0.1, 0.15) is 33.5 Å². The molecule has 0 fully saturated rings. The molecule has 0 aliphatic heterocycles. The van der Waals surface area contributed by atoms with Crippen LogP contribution in [-0.4, -0.2) is 18.7 Å². The molecule has 1 aromatic heterocycles. The molecule has 0 amide bonds. The van der Waals surface area contributed by atoms with Gasteiger partial charge in [-0.1, -0.05) is 18.2 Å². The van der Waals surface area contributed by atoms with Crippen LogP contribution in [0.3, 0.4) is 0 Å². The van der Waals surface area contributed by atoms with Crippen LogP contribution in [0.4, 0.5) is 8.78 Å². The van der Waals surface area contributed by atoms with Crippen LogP contribution < -0.4 is 4.74 Å². The standard InChI is InChI=1S/C18H15F2NO3S/c1-11(2)25(22,23)18-15(20)7-4-8-16(18)24-13-9-12-5-3-6-14(19)17(12)21-10-13/h3-11H,1-2H3. The first-order chi connectivity index (χ1) is 11.8. The van der Waals surface area contributed by atoms with Crippen LogP contribution >= 0.6 is 0 Å². The van der Waals surface area contributed by atoms with E-state index in [0.29, 0.717) is 5.39 Å². The zero-order valence-corrected chi connectivity index (χ0v) is 14.3. The number of para-hydroxylation sites is 1. The number of sulfone groups is 1. The number of hydrogen-bond donors (Lipinski definition) is 0. The number of nitrogens with zero attached hydrogens (tertiary/aromatic N) is 1. The van der Waals surface area contributed by atoms with E-state index < -0.39 is 31.6 Å². The van der Waals surface area contributed by atoms with E-state index in [-0.39, 0.29) is 17.0 Å². The Morgan fingerprint density at radius 1 is 1.04 bits per heavy atom. The number of aromatic nitrogens is 1. The van der Waals surface area contributed by atoms with Gasteiger partial charge in [-0.05, 0) is 38.1 Å². The van der Waals surface area contributed by atoms with E-state index in [9.17, 15) is 17.2 Å². The maximum atomic E-state index is 14.2. The Hall–Kier alpha value is -2.54. The summed E-state index contributed by atoms with van der Waals surface area (Å²) >= 11 is 0. The van der Waals surface area contributed by atoms with Crippen LogP contribution in [0.2, 0.25) is 0 Å². The molecular weight excluding hydrogens is 348 g/mol. The number of fused-ring (bicyclic) bond motifs is 1. The van der Waals surface area contributed by atoms with E-state index in [0.717, 1.165) is 6.07 Å². The van der Waals surface area contributed by atoms with Crippen molar-refractivity contribution in [2.45, 2.75) is 24.0 Å². The molecule has 0 saturated carbocycles. The van der Waals surface area contributed by atoms with Crippen molar-refractivity contribution in [2.24, 2.45) is 0 Å². The molecule has 25 heavy (non-hydrogen) atoms. The van der Waals surface area contributed by atoms with Crippen molar-refractivity contribution in [3.05, 3.63) is 60.3 Å². The van der Waals surface area contributed by atoms with Crippen LogP contribution in [0.5, 0.6) is 11.5 Å². The first-order valence-electron chi connectivity index (χ1n) is 7.55. The Balaban J connectivity index is 2.09. The second-order valence-corrected chi connectivity index (χ2v) is 8.19.